The Kier molecular flexibility index (Phi) is 9.40. The van der Waals surface area contributed by atoms with E-state index in [0.717, 1.165) is 0 Å². The molecule has 1 fully saturated rings. The lowest BCUT2D eigenvalue weighted by molar-refractivity contribution is -0.114. The van der Waals surface area contributed by atoms with E-state index in [1.165, 1.54) is 31.2 Å². The summed E-state index contributed by atoms with van der Waals surface area (Å²) in [5.74, 6) is -0.548. The molecule has 0 bridgehead atoms. The van der Waals surface area contributed by atoms with Crippen LogP contribution in [0, 0.1) is 5.82 Å². The van der Waals surface area contributed by atoms with Gasteiger partial charge in [-0.2, -0.15) is 5.10 Å². The first-order valence-corrected chi connectivity index (χ1v) is 14.0. The molecule has 0 spiro atoms. The van der Waals surface area contributed by atoms with E-state index < -0.39 is 23.6 Å². The van der Waals surface area contributed by atoms with Crippen molar-refractivity contribution in [2.75, 3.05) is 25.0 Å². The van der Waals surface area contributed by atoms with Crippen LogP contribution in [0.2, 0.25) is 5.02 Å². The maximum absolute atomic E-state index is 13.3. The number of esters is 1. The summed E-state index contributed by atoms with van der Waals surface area (Å²) in [6, 6.07) is 9.99. The number of anilines is 1. The normalized spacial score (nSPS) is 15.2. The first-order valence-electron chi connectivity index (χ1n) is 13.6. The molecule has 2 heterocycles. The highest BCUT2D eigenvalue weighted by atomic mass is 35.5. The first kappa shape index (κ1) is 30.8. The Morgan fingerprint density at radius 2 is 1.81 bits per heavy atom. The quantitative estimate of drug-likeness (QED) is 0.295. The van der Waals surface area contributed by atoms with Crippen molar-refractivity contribution in [1.82, 2.24) is 14.7 Å². The van der Waals surface area contributed by atoms with Gasteiger partial charge in [0.1, 0.15) is 40.0 Å². The number of nitrogens with one attached hydrogen (secondary N) is 1. The van der Waals surface area contributed by atoms with Crippen molar-refractivity contribution < 1.29 is 33.0 Å². The summed E-state index contributed by atoms with van der Waals surface area (Å²) in [5.41, 5.74) is -0.0261. The van der Waals surface area contributed by atoms with Crippen molar-refractivity contribution in [2.45, 2.75) is 59.1 Å². The molecule has 10 nitrogen and oxygen atoms in total. The molecule has 1 atom stereocenters. The summed E-state index contributed by atoms with van der Waals surface area (Å²) >= 11 is 6.69. The number of halogens is 2. The predicted octanol–water partition coefficient (Wildman–Crippen LogP) is 6.84. The second-order valence-corrected chi connectivity index (χ2v) is 11.2. The van der Waals surface area contributed by atoms with Crippen LogP contribution >= 0.6 is 11.6 Å². The van der Waals surface area contributed by atoms with Crippen molar-refractivity contribution in [3.63, 3.8) is 0 Å². The zero-order valence-corrected chi connectivity index (χ0v) is 25.0. The van der Waals surface area contributed by atoms with Crippen molar-refractivity contribution in [3.8, 4) is 22.8 Å². The minimum absolute atomic E-state index is 0.0375. The molecule has 1 aliphatic heterocycles. The number of rotatable bonds is 7. The van der Waals surface area contributed by atoms with Crippen LogP contribution in [0.5, 0.6) is 11.5 Å². The second kappa shape index (κ2) is 12.8. The van der Waals surface area contributed by atoms with Crippen LogP contribution < -0.4 is 10.1 Å². The minimum atomic E-state index is -0.690. The molecule has 0 radical (unpaired) electrons. The zero-order chi connectivity index (χ0) is 30.6. The van der Waals surface area contributed by atoms with Gasteiger partial charge < -0.3 is 24.4 Å². The van der Waals surface area contributed by atoms with Gasteiger partial charge in [-0.05, 0) is 76.9 Å². The smallest absolute Gasteiger partial charge is 0.410 e. The number of benzene rings is 2. The number of amides is 2. The Morgan fingerprint density at radius 1 is 1.12 bits per heavy atom. The van der Waals surface area contributed by atoms with Gasteiger partial charge in [-0.3, -0.25) is 4.79 Å². The molecule has 4 rings (SSSR count). The largest absolute Gasteiger partial charge is 0.462 e. The molecular formula is C30H34ClFN4O6. The zero-order valence-electron chi connectivity index (χ0n) is 24.2. The average molecular weight is 601 g/mol. The van der Waals surface area contributed by atoms with Crippen LogP contribution in [0.25, 0.3) is 11.3 Å². The fourth-order valence-electron chi connectivity index (χ4n) is 4.61. The van der Waals surface area contributed by atoms with Gasteiger partial charge in [0.2, 0.25) is 5.91 Å². The Morgan fingerprint density at radius 3 is 2.43 bits per heavy atom. The fourth-order valence-corrected chi connectivity index (χ4v) is 4.87. The topological polar surface area (TPSA) is 112 Å². The number of piperidine rings is 1. The lowest BCUT2D eigenvalue weighted by Crippen LogP contribution is -2.43. The monoisotopic (exact) mass is 600 g/mol. The Balaban J connectivity index is 1.76. The lowest BCUT2D eigenvalue weighted by atomic mass is 10.1. The van der Waals surface area contributed by atoms with E-state index >= 15 is 0 Å². The number of ether oxygens (including phenoxy) is 3. The molecule has 1 aliphatic rings. The predicted molar refractivity (Wildman–Crippen MR) is 155 cm³/mol. The van der Waals surface area contributed by atoms with Crippen LogP contribution in [0.3, 0.4) is 0 Å². The standard InChI is InChI=1S/C30H34ClFN4O6/c1-6-40-28(38)25-26(23-14-13-22(16-24(23)31)41-21-11-9-19(32)10-12-21)34-36(27(25)33-18(2)37)20-8-7-15-35(17-20)29(39)42-30(3,4)5/h9-14,16,20H,6-8,15,17H2,1-5H3,(H,33,37). The molecule has 224 valence electrons. The maximum Gasteiger partial charge on any atom is 0.410 e. The van der Waals surface area contributed by atoms with Crippen molar-refractivity contribution in [3.05, 3.63) is 58.9 Å². The van der Waals surface area contributed by atoms with Gasteiger partial charge in [-0.15, -0.1) is 0 Å². The summed E-state index contributed by atoms with van der Waals surface area (Å²) in [4.78, 5) is 40.1. The molecule has 2 amide bonds. The Bertz CT molecular complexity index is 1470. The van der Waals surface area contributed by atoms with E-state index in [-0.39, 0.29) is 47.1 Å². The van der Waals surface area contributed by atoms with Crippen molar-refractivity contribution in [1.29, 1.82) is 0 Å². The van der Waals surface area contributed by atoms with Gasteiger partial charge in [0, 0.05) is 31.6 Å². The summed E-state index contributed by atoms with van der Waals surface area (Å²) in [6.07, 6.45) is 0.836. The van der Waals surface area contributed by atoms with Crippen LogP contribution in [0.4, 0.5) is 15.0 Å². The lowest BCUT2D eigenvalue weighted by Gasteiger charge is -2.34. The van der Waals surface area contributed by atoms with Gasteiger partial charge in [0.25, 0.3) is 0 Å². The molecular weight excluding hydrogens is 567 g/mol. The highest BCUT2D eigenvalue weighted by Crippen LogP contribution is 2.39. The Hall–Kier alpha value is -4.12. The number of hydrogen-bond donors (Lipinski definition) is 1. The van der Waals surface area contributed by atoms with Gasteiger partial charge >= 0.3 is 12.1 Å². The van der Waals surface area contributed by atoms with E-state index in [9.17, 15) is 18.8 Å². The highest BCUT2D eigenvalue weighted by Gasteiger charge is 2.34. The van der Waals surface area contributed by atoms with Crippen LogP contribution in [-0.4, -0.2) is 57.9 Å². The molecule has 1 saturated heterocycles. The SMILES string of the molecule is CCOC(=O)c1c(-c2ccc(Oc3ccc(F)cc3)cc2Cl)nn(C2CCCN(C(=O)OC(C)(C)C)C2)c1NC(C)=O. The number of carbonyl (C=O) groups is 3. The third kappa shape index (κ3) is 7.39. The van der Waals surface area contributed by atoms with Crippen LogP contribution in [0.1, 0.15) is 63.9 Å². The molecule has 1 aromatic heterocycles. The Labute approximate surface area is 248 Å². The molecule has 2 aromatic carbocycles. The highest BCUT2D eigenvalue weighted by molar-refractivity contribution is 6.33. The third-order valence-electron chi connectivity index (χ3n) is 6.32. The van der Waals surface area contributed by atoms with Gasteiger partial charge in [0.15, 0.2) is 0 Å². The molecule has 1 N–H and O–H groups in total. The van der Waals surface area contributed by atoms with Crippen molar-refractivity contribution >= 4 is 35.4 Å². The first-order chi connectivity index (χ1) is 19.9. The summed E-state index contributed by atoms with van der Waals surface area (Å²) in [6.45, 7) is 9.25. The molecule has 0 saturated carbocycles. The van der Waals surface area contributed by atoms with Gasteiger partial charge in [0.05, 0.1) is 17.7 Å². The molecule has 42 heavy (non-hydrogen) atoms. The van der Waals surface area contributed by atoms with Gasteiger partial charge in [-0.1, -0.05) is 11.6 Å². The van der Waals surface area contributed by atoms with Crippen LogP contribution in [0.15, 0.2) is 42.5 Å². The molecule has 1 unspecified atom stereocenters. The third-order valence-corrected chi connectivity index (χ3v) is 6.64. The summed E-state index contributed by atoms with van der Waals surface area (Å²) < 4.78 is 31.6. The average Bonchev–Trinajstić information content (AvgIpc) is 3.27. The fraction of sp³-hybridized carbons (Fsp3) is 0.400. The maximum atomic E-state index is 13.3. The van der Waals surface area contributed by atoms with E-state index in [0.29, 0.717) is 36.4 Å². The van der Waals surface area contributed by atoms with E-state index in [1.54, 1.807) is 55.5 Å². The number of carbonyl (C=O) groups excluding carboxylic acids is 3. The summed E-state index contributed by atoms with van der Waals surface area (Å²) in [5, 5.41) is 7.74. The molecule has 0 aliphatic carbocycles. The number of aromatic nitrogens is 2. The van der Waals surface area contributed by atoms with Gasteiger partial charge in [-0.25, -0.2) is 18.7 Å². The van der Waals surface area contributed by atoms with E-state index in [4.69, 9.17) is 30.9 Å². The minimum Gasteiger partial charge on any atom is -0.462 e. The summed E-state index contributed by atoms with van der Waals surface area (Å²) in [7, 11) is 0. The number of hydrogen-bond acceptors (Lipinski definition) is 7. The van der Waals surface area contributed by atoms with E-state index in [2.05, 4.69) is 5.32 Å². The van der Waals surface area contributed by atoms with Crippen molar-refractivity contribution in [2.24, 2.45) is 0 Å². The molecule has 12 heteroatoms. The second-order valence-electron chi connectivity index (χ2n) is 10.8. The van der Waals surface area contributed by atoms with E-state index in [1.807, 2.05) is 0 Å². The number of nitrogens with zero attached hydrogens (tertiary/aromatic N) is 3. The van der Waals surface area contributed by atoms with Crippen LogP contribution in [-0.2, 0) is 14.3 Å². The number of likely N-dealkylation sites (tertiary alicyclic amines) is 1. The molecule has 3 aromatic rings.